The molecule has 3 N–H and O–H groups in total. The minimum absolute atomic E-state index is 0.0334. The lowest BCUT2D eigenvalue weighted by atomic mass is 9.76. The van der Waals surface area contributed by atoms with Crippen LogP contribution in [0.5, 0.6) is 17.2 Å². The summed E-state index contributed by atoms with van der Waals surface area (Å²) in [5.41, 5.74) is 7.99. The second-order valence-corrected chi connectivity index (χ2v) is 18.2. The molecule has 0 radical (unpaired) electrons. The molecule has 0 saturated heterocycles. The molecular formula is C45H70O3. The van der Waals surface area contributed by atoms with Crippen molar-refractivity contribution >= 4 is 0 Å². The van der Waals surface area contributed by atoms with E-state index in [1.807, 2.05) is 12.1 Å². The number of aryl methyl sites for hydroxylation is 2. The van der Waals surface area contributed by atoms with Crippen LogP contribution in [0.4, 0.5) is 0 Å². The van der Waals surface area contributed by atoms with Gasteiger partial charge in [-0.15, -0.1) is 0 Å². The van der Waals surface area contributed by atoms with Crippen molar-refractivity contribution in [3.8, 4) is 17.2 Å². The van der Waals surface area contributed by atoms with E-state index in [1.54, 1.807) is 0 Å². The van der Waals surface area contributed by atoms with Crippen LogP contribution in [0.25, 0.3) is 0 Å². The molecule has 3 aromatic rings. The molecule has 0 bridgehead atoms. The van der Waals surface area contributed by atoms with Gasteiger partial charge in [-0.3, -0.25) is 0 Å². The third-order valence-corrected chi connectivity index (χ3v) is 9.39. The monoisotopic (exact) mass is 659 g/mol. The predicted molar refractivity (Wildman–Crippen MR) is 208 cm³/mol. The van der Waals surface area contributed by atoms with Crippen LogP contribution in [0.1, 0.15) is 179 Å². The van der Waals surface area contributed by atoms with E-state index < -0.39 is 0 Å². The van der Waals surface area contributed by atoms with Crippen molar-refractivity contribution in [2.45, 2.75) is 176 Å². The molecule has 0 spiro atoms. The van der Waals surface area contributed by atoms with Crippen molar-refractivity contribution in [2.75, 3.05) is 0 Å². The van der Waals surface area contributed by atoms with Crippen LogP contribution in [0.3, 0.4) is 0 Å². The van der Waals surface area contributed by atoms with Gasteiger partial charge in [0.05, 0.1) is 0 Å². The summed E-state index contributed by atoms with van der Waals surface area (Å²) in [6, 6.07) is 14.4. The van der Waals surface area contributed by atoms with E-state index in [9.17, 15) is 15.3 Å². The Bertz CT molecular complexity index is 1390. The highest BCUT2D eigenvalue weighted by Crippen LogP contribution is 2.42. The van der Waals surface area contributed by atoms with Crippen molar-refractivity contribution < 1.29 is 15.3 Å². The Morgan fingerprint density at radius 2 is 0.896 bits per heavy atom. The minimum atomic E-state index is -0.175. The molecule has 3 heteroatoms. The number of unbranched alkanes of at least 4 members (excludes halogenated alkanes) is 6. The fraction of sp³-hybridized carbons (Fsp3) is 0.600. The molecule has 3 rings (SSSR count). The SMILES string of the molecule is CC(C)(C)c1cc(Cc2cc(C(C)(C)C)cc(C(C)(C)C)c2O)c(O)c(C(C)(C)C)c1.CCCCCCCCCc1cc(C)ccc1O. The molecule has 0 aromatic heterocycles. The first-order valence-electron chi connectivity index (χ1n) is 18.5. The molecule has 0 amide bonds. The number of hydrogen-bond donors (Lipinski definition) is 3. The molecular weight excluding hydrogens is 588 g/mol. The Kier molecular flexibility index (Phi) is 14.3. The summed E-state index contributed by atoms with van der Waals surface area (Å²) in [5.74, 6) is 1.15. The fourth-order valence-electron chi connectivity index (χ4n) is 6.06. The van der Waals surface area contributed by atoms with Crippen LogP contribution in [0.2, 0.25) is 0 Å². The summed E-state index contributed by atoms with van der Waals surface area (Å²) in [6.07, 6.45) is 10.8. The minimum Gasteiger partial charge on any atom is -0.508 e. The fourth-order valence-corrected chi connectivity index (χ4v) is 6.06. The number of benzene rings is 3. The summed E-state index contributed by atoms with van der Waals surface area (Å²) < 4.78 is 0. The molecule has 0 saturated carbocycles. The number of phenolic OH excluding ortho intramolecular Hbond substituents is 3. The number of rotatable bonds is 10. The van der Waals surface area contributed by atoms with Gasteiger partial charge in [-0.05, 0) is 86.4 Å². The Morgan fingerprint density at radius 1 is 0.479 bits per heavy atom. The summed E-state index contributed by atoms with van der Waals surface area (Å²) in [4.78, 5) is 0. The highest BCUT2D eigenvalue weighted by molar-refractivity contribution is 5.54. The first kappa shape index (κ1) is 41.2. The quantitative estimate of drug-likeness (QED) is 0.190. The maximum Gasteiger partial charge on any atom is 0.122 e. The van der Waals surface area contributed by atoms with Crippen LogP contribution >= 0.6 is 0 Å². The molecule has 0 unspecified atom stereocenters. The normalized spacial score (nSPS) is 12.5. The van der Waals surface area contributed by atoms with Gasteiger partial charge in [0.2, 0.25) is 0 Å². The van der Waals surface area contributed by atoms with Gasteiger partial charge in [0, 0.05) is 6.42 Å². The molecule has 0 aliphatic heterocycles. The second-order valence-electron chi connectivity index (χ2n) is 18.2. The van der Waals surface area contributed by atoms with Crippen LogP contribution in [-0.4, -0.2) is 15.3 Å². The third kappa shape index (κ3) is 12.2. The molecule has 3 nitrogen and oxygen atoms in total. The van der Waals surface area contributed by atoms with E-state index in [4.69, 9.17) is 0 Å². The van der Waals surface area contributed by atoms with Gasteiger partial charge >= 0.3 is 0 Å². The topological polar surface area (TPSA) is 60.7 Å². The number of phenols is 3. The van der Waals surface area contributed by atoms with Crippen molar-refractivity contribution in [3.63, 3.8) is 0 Å². The number of hydrogen-bond acceptors (Lipinski definition) is 3. The van der Waals surface area contributed by atoms with Crippen molar-refractivity contribution in [3.05, 3.63) is 87.0 Å². The summed E-state index contributed by atoms with van der Waals surface area (Å²) in [6.45, 7) is 30.3. The standard InChI is InChI=1S/C29H44O2.C16H26O/c1-26(2,3)20-14-18(24(30)22(16-20)28(7,8)9)13-19-15-21(27(4,5)6)17-23(25(19)31)29(10,11)12;1-3-4-5-6-7-8-9-10-15-13-14(2)11-12-16(15)17/h14-17,30-31H,13H2,1-12H3;11-13,17H,3-10H2,1-2H3. The van der Waals surface area contributed by atoms with Gasteiger partial charge in [-0.25, -0.2) is 0 Å². The molecule has 0 atom stereocenters. The van der Waals surface area contributed by atoms with E-state index >= 15 is 0 Å². The summed E-state index contributed by atoms with van der Waals surface area (Å²) in [7, 11) is 0. The largest absolute Gasteiger partial charge is 0.508 e. The van der Waals surface area contributed by atoms with Gasteiger partial charge in [0.25, 0.3) is 0 Å². The maximum absolute atomic E-state index is 11.2. The Hall–Kier alpha value is -2.94. The third-order valence-electron chi connectivity index (χ3n) is 9.39. The van der Waals surface area contributed by atoms with E-state index in [2.05, 4.69) is 127 Å². The zero-order chi connectivity index (χ0) is 36.7. The van der Waals surface area contributed by atoms with E-state index in [0.29, 0.717) is 23.7 Å². The lowest BCUT2D eigenvalue weighted by Crippen LogP contribution is -2.18. The predicted octanol–water partition coefficient (Wildman–Crippen LogP) is 12.9. The molecule has 48 heavy (non-hydrogen) atoms. The van der Waals surface area contributed by atoms with Crippen LogP contribution in [0, 0.1) is 6.92 Å². The molecule has 0 aliphatic rings. The van der Waals surface area contributed by atoms with Gasteiger partial charge in [-0.2, -0.15) is 0 Å². The van der Waals surface area contributed by atoms with Crippen LogP contribution in [0.15, 0.2) is 42.5 Å². The van der Waals surface area contributed by atoms with Crippen LogP contribution < -0.4 is 0 Å². The molecule has 0 aliphatic carbocycles. The Morgan fingerprint density at radius 3 is 1.29 bits per heavy atom. The van der Waals surface area contributed by atoms with Gasteiger partial charge in [0.15, 0.2) is 0 Å². The first-order valence-corrected chi connectivity index (χ1v) is 18.5. The van der Waals surface area contributed by atoms with Gasteiger partial charge < -0.3 is 15.3 Å². The smallest absolute Gasteiger partial charge is 0.122 e. The first-order chi connectivity index (χ1) is 22.0. The highest BCUT2D eigenvalue weighted by atomic mass is 16.3. The Balaban J connectivity index is 0.000000397. The molecule has 3 aromatic carbocycles. The van der Waals surface area contributed by atoms with E-state index in [0.717, 1.165) is 34.2 Å². The summed E-state index contributed by atoms with van der Waals surface area (Å²) in [5, 5.41) is 32.2. The van der Waals surface area contributed by atoms with E-state index in [1.165, 1.54) is 61.6 Å². The zero-order valence-electron chi connectivity index (χ0n) is 33.2. The van der Waals surface area contributed by atoms with Crippen molar-refractivity contribution in [1.82, 2.24) is 0 Å². The summed E-state index contributed by atoms with van der Waals surface area (Å²) >= 11 is 0. The van der Waals surface area contributed by atoms with Gasteiger partial charge in [0.1, 0.15) is 17.2 Å². The maximum atomic E-state index is 11.2. The van der Waals surface area contributed by atoms with Crippen molar-refractivity contribution in [1.29, 1.82) is 0 Å². The zero-order valence-corrected chi connectivity index (χ0v) is 33.2. The average Bonchev–Trinajstić information content (AvgIpc) is 2.94. The molecule has 268 valence electrons. The number of aromatic hydroxyl groups is 3. The van der Waals surface area contributed by atoms with Crippen molar-refractivity contribution in [2.24, 2.45) is 0 Å². The van der Waals surface area contributed by atoms with E-state index in [-0.39, 0.29) is 21.7 Å². The second kappa shape index (κ2) is 16.6. The average molecular weight is 659 g/mol. The lowest BCUT2D eigenvalue weighted by molar-refractivity contribution is 0.433. The highest BCUT2D eigenvalue weighted by Gasteiger charge is 2.28. The Labute approximate surface area is 295 Å². The molecule has 0 heterocycles. The van der Waals surface area contributed by atoms with Gasteiger partial charge in [-0.1, -0.05) is 170 Å². The molecule has 0 fully saturated rings. The van der Waals surface area contributed by atoms with Crippen LogP contribution in [-0.2, 0) is 34.5 Å². The lowest BCUT2D eigenvalue weighted by Gasteiger charge is -2.29.